The molecule has 14 heteroatoms. The maximum Gasteiger partial charge on any atom is 0.308 e. The lowest BCUT2D eigenvalue weighted by Gasteiger charge is -2.31. The number of aromatic nitrogens is 1. The van der Waals surface area contributed by atoms with E-state index in [4.69, 9.17) is 4.74 Å². The Morgan fingerprint density at radius 1 is 1.05 bits per heavy atom. The summed E-state index contributed by atoms with van der Waals surface area (Å²) in [5.41, 5.74) is 2.10. The van der Waals surface area contributed by atoms with Crippen molar-refractivity contribution in [3.8, 4) is 11.5 Å². The molecule has 3 atom stereocenters. The largest absolute Gasteiger partial charge is 0.504 e. The zero-order valence-corrected chi connectivity index (χ0v) is 24.9. The summed E-state index contributed by atoms with van der Waals surface area (Å²) in [5, 5.41) is 23.6. The van der Waals surface area contributed by atoms with Gasteiger partial charge in [-0.2, -0.15) is 0 Å². The molecule has 0 spiro atoms. The van der Waals surface area contributed by atoms with Crippen LogP contribution in [0.2, 0.25) is 0 Å². The molecule has 6 rings (SSSR count). The Morgan fingerprint density at radius 3 is 2.41 bits per heavy atom. The summed E-state index contributed by atoms with van der Waals surface area (Å²) in [6, 6.07) is 16.9. The number of aromatic hydroxyl groups is 1. The minimum absolute atomic E-state index is 0.127. The number of fused-ring (bicyclic) bond motifs is 2. The lowest BCUT2D eigenvalue weighted by molar-refractivity contribution is -0.384. The molecule has 12 nitrogen and oxygen atoms in total. The van der Waals surface area contributed by atoms with Gasteiger partial charge in [0.05, 0.1) is 28.7 Å². The summed E-state index contributed by atoms with van der Waals surface area (Å²) >= 11 is 1.94. The van der Waals surface area contributed by atoms with Gasteiger partial charge < -0.3 is 15.2 Å². The second-order valence-electron chi connectivity index (χ2n) is 10.3. The quantitative estimate of drug-likeness (QED) is 0.172. The fourth-order valence-corrected chi connectivity index (χ4v) is 8.23. The number of methoxy groups -OCH3 is 1. The van der Waals surface area contributed by atoms with Crippen LogP contribution in [-0.2, 0) is 20.9 Å². The number of ether oxygens (including phenoxy) is 1. The van der Waals surface area contributed by atoms with Gasteiger partial charge in [0.25, 0.3) is 5.69 Å². The summed E-state index contributed by atoms with van der Waals surface area (Å²) in [5.74, 6) is -3.24. The van der Waals surface area contributed by atoms with Crippen LogP contribution in [0.1, 0.15) is 21.9 Å². The molecular formula is C30H24N4O8S2. The summed E-state index contributed by atoms with van der Waals surface area (Å²) in [6.45, 7) is 1.61. The standard InChI is InChI=1S/C30H24N4O8S2/c1-15-3-6-17(7-4-15)31-22(36)14-32-29-26(44-30(32)39)23(16-5-12-20(35)21(13-16)42-2)24-25(43-29)28(38)33(27(24)37)18-8-10-19(11-9-18)34(40)41/h3-13,23-25,35H,14H2,1-2H3,(H,31,36). The molecule has 3 unspecified atom stereocenters. The van der Waals surface area contributed by atoms with Crippen LogP contribution in [0.25, 0.3) is 0 Å². The van der Waals surface area contributed by atoms with Crippen molar-refractivity contribution in [2.45, 2.75) is 29.7 Å². The van der Waals surface area contributed by atoms with Crippen LogP contribution in [0, 0.1) is 23.0 Å². The molecule has 3 aromatic carbocycles. The Kier molecular flexibility index (Phi) is 7.47. The molecule has 0 saturated carbocycles. The fraction of sp³-hybridized carbons (Fsp3) is 0.200. The number of carbonyl (C=O) groups is 3. The molecule has 3 amide bonds. The topological polar surface area (TPSA) is 161 Å². The second kappa shape index (κ2) is 11.3. The highest BCUT2D eigenvalue weighted by Gasteiger charge is 2.57. The van der Waals surface area contributed by atoms with Crippen LogP contribution in [0.15, 0.2) is 76.6 Å². The number of nitro benzene ring substituents is 1. The van der Waals surface area contributed by atoms with Crippen molar-refractivity contribution in [2.75, 3.05) is 17.3 Å². The van der Waals surface area contributed by atoms with Crippen LogP contribution in [-0.4, -0.2) is 44.7 Å². The molecule has 2 aliphatic heterocycles. The van der Waals surface area contributed by atoms with Crippen LogP contribution in [0.3, 0.4) is 0 Å². The molecule has 0 radical (unpaired) electrons. The lowest BCUT2D eigenvalue weighted by Crippen LogP contribution is -2.33. The van der Waals surface area contributed by atoms with E-state index < -0.39 is 44.6 Å². The minimum Gasteiger partial charge on any atom is -0.504 e. The first-order chi connectivity index (χ1) is 21.1. The first kappa shape index (κ1) is 29.1. The SMILES string of the molecule is COc1cc(C2c3sc(=O)n(CC(=O)Nc4ccc(C)cc4)c3SC3C(=O)N(c4ccc([N+](=O)[O-])cc4)C(=O)C32)ccc1O. The van der Waals surface area contributed by atoms with E-state index in [9.17, 15) is 34.4 Å². The summed E-state index contributed by atoms with van der Waals surface area (Å²) < 4.78 is 6.61. The average Bonchev–Trinajstić information content (AvgIpc) is 3.44. The number of phenols is 1. The molecule has 1 fully saturated rings. The first-order valence-corrected chi connectivity index (χ1v) is 15.0. The molecule has 224 valence electrons. The van der Waals surface area contributed by atoms with Crippen molar-refractivity contribution >= 4 is 57.9 Å². The van der Waals surface area contributed by atoms with Crippen molar-refractivity contribution in [1.82, 2.24) is 4.57 Å². The molecule has 0 bridgehead atoms. The number of anilines is 2. The normalized spacial score (nSPS) is 19.0. The number of hydrogen-bond donors (Lipinski definition) is 2. The van der Waals surface area contributed by atoms with Gasteiger partial charge in [0, 0.05) is 28.6 Å². The molecule has 4 aromatic rings. The molecule has 3 heterocycles. The van der Waals surface area contributed by atoms with E-state index in [1.165, 1.54) is 42.0 Å². The van der Waals surface area contributed by atoms with Crippen LogP contribution in [0.5, 0.6) is 11.5 Å². The second-order valence-corrected chi connectivity index (χ2v) is 12.4. The predicted octanol–water partition coefficient (Wildman–Crippen LogP) is 4.28. The number of benzene rings is 3. The lowest BCUT2D eigenvalue weighted by atomic mass is 9.83. The highest BCUT2D eigenvalue weighted by molar-refractivity contribution is 8.00. The Hall–Kier alpha value is -4.95. The zero-order chi connectivity index (χ0) is 31.3. The highest BCUT2D eigenvalue weighted by Crippen LogP contribution is 2.54. The number of non-ortho nitro benzene ring substituents is 1. The van der Waals surface area contributed by atoms with Gasteiger partial charge in [-0.3, -0.25) is 33.9 Å². The van der Waals surface area contributed by atoms with E-state index in [1.54, 1.807) is 24.3 Å². The number of nitrogens with one attached hydrogen (secondary N) is 1. The van der Waals surface area contributed by atoms with Gasteiger partial charge in [0.2, 0.25) is 17.7 Å². The van der Waals surface area contributed by atoms with Gasteiger partial charge in [0.1, 0.15) is 11.8 Å². The molecule has 1 aromatic heterocycles. The van der Waals surface area contributed by atoms with Crippen molar-refractivity contribution < 1.29 is 29.2 Å². The van der Waals surface area contributed by atoms with Gasteiger partial charge in [-0.1, -0.05) is 46.9 Å². The zero-order valence-electron chi connectivity index (χ0n) is 23.3. The van der Waals surface area contributed by atoms with Crippen molar-refractivity contribution in [3.05, 3.63) is 103 Å². The van der Waals surface area contributed by atoms with Gasteiger partial charge in [-0.25, -0.2) is 4.90 Å². The average molecular weight is 633 g/mol. The Balaban J connectivity index is 1.42. The molecule has 1 saturated heterocycles. The smallest absolute Gasteiger partial charge is 0.308 e. The van der Waals surface area contributed by atoms with E-state index in [2.05, 4.69) is 5.32 Å². The summed E-state index contributed by atoms with van der Waals surface area (Å²) in [4.78, 5) is 65.9. The van der Waals surface area contributed by atoms with E-state index in [-0.39, 0.29) is 29.4 Å². The third kappa shape index (κ3) is 5.01. The summed E-state index contributed by atoms with van der Waals surface area (Å²) in [7, 11) is 1.38. The van der Waals surface area contributed by atoms with Gasteiger partial charge in [-0.15, -0.1) is 0 Å². The van der Waals surface area contributed by atoms with Crippen LogP contribution < -0.4 is 19.8 Å². The number of nitro groups is 1. The molecule has 0 aliphatic carbocycles. The fourth-order valence-electron chi connectivity index (χ4n) is 5.46. The van der Waals surface area contributed by atoms with Crippen molar-refractivity contribution in [1.29, 1.82) is 0 Å². The van der Waals surface area contributed by atoms with Crippen LogP contribution >= 0.6 is 23.1 Å². The number of hydrogen-bond acceptors (Lipinski definition) is 10. The maximum atomic E-state index is 14.0. The summed E-state index contributed by atoms with van der Waals surface area (Å²) in [6.07, 6.45) is 0. The molecule has 2 N–H and O–H groups in total. The monoisotopic (exact) mass is 632 g/mol. The number of carbonyl (C=O) groups excluding carboxylic acids is 3. The van der Waals surface area contributed by atoms with Gasteiger partial charge in [-0.05, 0) is 48.9 Å². The Labute approximate surface area is 258 Å². The van der Waals surface area contributed by atoms with E-state index in [1.807, 2.05) is 19.1 Å². The predicted molar refractivity (Wildman–Crippen MR) is 164 cm³/mol. The number of amides is 3. The maximum absolute atomic E-state index is 14.0. The van der Waals surface area contributed by atoms with E-state index in [0.29, 0.717) is 21.2 Å². The Bertz CT molecular complexity index is 1880. The third-order valence-corrected chi connectivity index (χ3v) is 10.2. The number of nitrogens with zero attached hydrogens (tertiary/aromatic N) is 3. The number of thiazole rings is 1. The van der Waals surface area contributed by atoms with Crippen molar-refractivity contribution in [2.24, 2.45) is 5.92 Å². The van der Waals surface area contributed by atoms with Crippen molar-refractivity contribution in [3.63, 3.8) is 0 Å². The van der Waals surface area contributed by atoms with E-state index in [0.717, 1.165) is 33.6 Å². The number of imide groups is 1. The number of aryl methyl sites for hydroxylation is 1. The number of rotatable bonds is 7. The molecule has 2 aliphatic rings. The molecular weight excluding hydrogens is 608 g/mol. The van der Waals surface area contributed by atoms with Crippen LogP contribution in [0.4, 0.5) is 17.1 Å². The van der Waals surface area contributed by atoms with Gasteiger partial charge >= 0.3 is 4.87 Å². The number of thioether (sulfide) groups is 1. The van der Waals surface area contributed by atoms with Gasteiger partial charge in [0.15, 0.2) is 11.5 Å². The van der Waals surface area contributed by atoms with E-state index >= 15 is 0 Å². The highest BCUT2D eigenvalue weighted by atomic mass is 32.2. The minimum atomic E-state index is -0.963. The molecule has 44 heavy (non-hydrogen) atoms. The third-order valence-electron chi connectivity index (χ3n) is 7.57. The first-order valence-electron chi connectivity index (χ1n) is 13.3. The Morgan fingerprint density at radius 2 is 1.75 bits per heavy atom. The number of phenolic OH excluding ortho intramolecular Hbond substituents is 1.